The number of benzene rings is 3. The summed E-state index contributed by atoms with van der Waals surface area (Å²) in [5.41, 5.74) is 2.89. The zero-order valence-corrected chi connectivity index (χ0v) is 19.1. The Bertz CT molecular complexity index is 1520. The Balaban J connectivity index is 1.46. The second-order valence-corrected chi connectivity index (χ2v) is 8.61. The molecule has 0 N–H and O–H groups in total. The van der Waals surface area contributed by atoms with Crippen LogP contribution >= 0.6 is 11.8 Å². The molecule has 0 aliphatic rings. The zero-order valence-electron chi connectivity index (χ0n) is 18.3. The molecule has 0 saturated heterocycles. The van der Waals surface area contributed by atoms with Crippen molar-refractivity contribution < 1.29 is 13.5 Å². The van der Waals surface area contributed by atoms with Crippen molar-refractivity contribution in [2.45, 2.75) is 24.4 Å². The summed E-state index contributed by atoms with van der Waals surface area (Å²) in [4.78, 5) is 12.1. The molecule has 0 fully saturated rings. The standard InChI is InChI=1S/C26H20FN3O3S/c1-17-11-12-20-18(14-25(31)33-23(20)13-17)16-34-26-29-28-24(30(26)19-7-3-2-4-8-19)15-32-22-10-6-5-9-21(22)27/h2-14H,15-16H2,1H3. The number of aromatic nitrogens is 3. The highest BCUT2D eigenvalue weighted by Crippen LogP contribution is 2.29. The number of thioether (sulfide) groups is 1. The van der Waals surface area contributed by atoms with E-state index in [9.17, 15) is 9.18 Å². The van der Waals surface area contributed by atoms with Crippen molar-refractivity contribution in [2.75, 3.05) is 0 Å². The number of halogens is 1. The molecule has 5 rings (SSSR count). The van der Waals surface area contributed by atoms with Gasteiger partial charge in [-0.25, -0.2) is 9.18 Å². The summed E-state index contributed by atoms with van der Waals surface area (Å²) in [5.74, 6) is 0.736. The van der Waals surface area contributed by atoms with Crippen LogP contribution in [0.4, 0.5) is 4.39 Å². The Hall–Kier alpha value is -3.91. The monoisotopic (exact) mass is 473 g/mol. The molecular formula is C26H20FN3O3S. The molecule has 0 aliphatic heterocycles. The molecule has 0 atom stereocenters. The van der Waals surface area contributed by atoms with Crippen LogP contribution in [0.15, 0.2) is 93.2 Å². The highest BCUT2D eigenvalue weighted by atomic mass is 32.2. The van der Waals surface area contributed by atoms with Gasteiger partial charge in [-0.2, -0.15) is 0 Å². The highest BCUT2D eigenvalue weighted by Gasteiger charge is 2.17. The van der Waals surface area contributed by atoms with Gasteiger partial charge in [-0.1, -0.05) is 54.2 Å². The number of fused-ring (bicyclic) bond motifs is 1. The summed E-state index contributed by atoms with van der Waals surface area (Å²) < 4.78 is 26.9. The van der Waals surface area contributed by atoms with Gasteiger partial charge in [0.25, 0.3) is 0 Å². The first-order chi connectivity index (χ1) is 16.6. The van der Waals surface area contributed by atoms with Crippen LogP contribution in [0.3, 0.4) is 0 Å². The van der Waals surface area contributed by atoms with Crippen molar-refractivity contribution in [1.82, 2.24) is 14.8 Å². The van der Waals surface area contributed by atoms with Gasteiger partial charge in [-0.05, 0) is 48.4 Å². The summed E-state index contributed by atoms with van der Waals surface area (Å²) >= 11 is 1.45. The Labute approximate surface area is 199 Å². The van der Waals surface area contributed by atoms with E-state index >= 15 is 0 Å². The van der Waals surface area contributed by atoms with Gasteiger partial charge < -0.3 is 9.15 Å². The fourth-order valence-corrected chi connectivity index (χ4v) is 4.59. The number of ether oxygens (including phenoxy) is 1. The van der Waals surface area contributed by atoms with Crippen molar-refractivity contribution in [3.05, 3.63) is 112 Å². The minimum Gasteiger partial charge on any atom is -0.483 e. The number of aryl methyl sites for hydroxylation is 1. The quantitative estimate of drug-likeness (QED) is 0.223. The van der Waals surface area contributed by atoms with Gasteiger partial charge >= 0.3 is 5.63 Å². The van der Waals surface area contributed by atoms with Gasteiger partial charge in [-0.3, -0.25) is 4.57 Å². The largest absolute Gasteiger partial charge is 0.483 e. The normalized spacial score (nSPS) is 11.1. The average Bonchev–Trinajstić information content (AvgIpc) is 3.25. The van der Waals surface area contributed by atoms with Gasteiger partial charge in [0.2, 0.25) is 0 Å². The summed E-state index contributed by atoms with van der Waals surface area (Å²) in [6, 6.07) is 23.2. The van der Waals surface area contributed by atoms with E-state index in [4.69, 9.17) is 9.15 Å². The van der Waals surface area contributed by atoms with Crippen LogP contribution in [0.25, 0.3) is 16.7 Å². The van der Waals surface area contributed by atoms with E-state index in [1.165, 1.54) is 23.9 Å². The summed E-state index contributed by atoms with van der Waals surface area (Å²) in [6.45, 7) is 1.99. The molecule has 0 aliphatic carbocycles. The van der Waals surface area contributed by atoms with Crippen molar-refractivity contribution in [3.8, 4) is 11.4 Å². The van der Waals surface area contributed by atoms with Gasteiger partial charge in [0, 0.05) is 22.9 Å². The van der Waals surface area contributed by atoms with Gasteiger partial charge in [-0.15, -0.1) is 10.2 Å². The van der Waals surface area contributed by atoms with Crippen LogP contribution in [-0.2, 0) is 12.4 Å². The lowest BCUT2D eigenvalue weighted by molar-refractivity contribution is 0.278. The molecule has 0 bridgehead atoms. The first-order valence-electron chi connectivity index (χ1n) is 10.6. The molecule has 0 unspecified atom stereocenters. The van der Waals surface area contributed by atoms with Crippen LogP contribution in [0, 0.1) is 12.7 Å². The van der Waals surface area contributed by atoms with Gasteiger partial charge in [0.1, 0.15) is 12.2 Å². The minimum absolute atomic E-state index is 0.0422. The molecule has 34 heavy (non-hydrogen) atoms. The van der Waals surface area contributed by atoms with E-state index in [1.807, 2.05) is 60.0 Å². The van der Waals surface area contributed by atoms with E-state index in [1.54, 1.807) is 18.2 Å². The van der Waals surface area contributed by atoms with E-state index in [2.05, 4.69) is 10.2 Å². The topological polar surface area (TPSA) is 70.2 Å². The minimum atomic E-state index is -0.437. The molecule has 5 aromatic rings. The fourth-order valence-electron chi connectivity index (χ4n) is 3.63. The average molecular weight is 474 g/mol. The smallest absolute Gasteiger partial charge is 0.336 e. The first-order valence-corrected chi connectivity index (χ1v) is 11.6. The van der Waals surface area contributed by atoms with E-state index in [0.717, 1.165) is 22.2 Å². The Morgan fingerprint density at radius 2 is 1.79 bits per heavy atom. The van der Waals surface area contributed by atoms with Gasteiger partial charge in [0.05, 0.1) is 0 Å². The van der Waals surface area contributed by atoms with Crippen LogP contribution < -0.4 is 10.4 Å². The summed E-state index contributed by atoms with van der Waals surface area (Å²) in [5, 5.41) is 10.2. The molecule has 0 amide bonds. The van der Waals surface area contributed by atoms with Crippen molar-refractivity contribution >= 4 is 22.7 Å². The number of hydrogen-bond acceptors (Lipinski definition) is 6. The van der Waals surface area contributed by atoms with Crippen molar-refractivity contribution in [2.24, 2.45) is 0 Å². The molecule has 170 valence electrons. The maximum Gasteiger partial charge on any atom is 0.336 e. The third-order valence-electron chi connectivity index (χ3n) is 5.25. The number of rotatable bonds is 7. The van der Waals surface area contributed by atoms with Crippen molar-refractivity contribution in [1.29, 1.82) is 0 Å². The fraction of sp³-hybridized carbons (Fsp3) is 0.115. The predicted molar refractivity (Wildman–Crippen MR) is 129 cm³/mol. The molecule has 8 heteroatoms. The number of nitrogens with zero attached hydrogens (tertiary/aromatic N) is 3. The molecule has 0 spiro atoms. The second-order valence-electron chi connectivity index (χ2n) is 7.67. The third kappa shape index (κ3) is 4.58. The summed E-state index contributed by atoms with van der Waals surface area (Å²) in [7, 11) is 0. The molecule has 0 saturated carbocycles. The molecule has 2 heterocycles. The van der Waals surface area contributed by atoms with Gasteiger partial charge in [0.15, 0.2) is 22.5 Å². The molecule has 6 nitrogen and oxygen atoms in total. The second kappa shape index (κ2) is 9.52. The molecule has 3 aromatic carbocycles. The molecule has 0 radical (unpaired) electrons. The van der Waals surface area contributed by atoms with Crippen molar-refractivity contribution in [3.63, 3.8) is 0 Å². The van der Waals surface area contributed by atoms with Crippen LogP contribution in [0.1, 0.15) is 17.0 Å². The first kappa shape index (κ1) is 21.9. The van der Waals surface area contributed by atoms with Crippen LogP contribution in [0.2, 0.25) is 0 Å². The Kier molecular flexibility index (Phi) is 6.14. The number of hydrogen-bond donors (Lipinski definition) is 0. The SMILES string of the molecule is Cc1ccc2c(CSc3nnc(COc4ccccc4F)n3-c3ccccc3)cc(=O)oc2c1. The molecular weight excluding hydrogens is 453 g/mol. The predicted octanol–water partition coefficient (Wildman–Crippen LogP) is 5.69. The van der Waals surface area contributed by atoms with Crippen LogP contribution in [-0.4, -0.2) is 14.8 Å². The maximum absolute atomic E-state index is 14.0. The van der Waals surface area contributed by atoms with E-state index in [0.29, 0.717) is 22.3 Å². The Morgan fingerprint density at radius 3 is 2.62 bits per heavy atom. The van der Waals surface area contributed by atoms with E-state index in [-0.39, 0.29) is 12.4 Å². The Morgan fingerprint density at radius 1 is 1.00 bits per heavy atom. The zero-order chi connectivity index (χ0) is 23.5. The number of para-hydroxylation sites is 2. The lowest BCUT2D eigenvalue weighted by atomic mass is 10.1. The lowest BCUT2D eigenvalue weighted by Crippen LogP contribution is -2.07. The van der Waals surface area contributed by atoms with Crippen LogP contribution in [0.5, 0.6) is 5.75 Å². The summed E-state index contributed by atoms with van der Waals surface area (Å²) in [6.07, 6.45) is 0. The third-order valence-corrected chi connectivity index (χ3v) is 6.23. The highest BCUT2D eigenvalue weighted by molar-refractivity contribution is 7.98. The maximum atomic E-state index is 14.0. The molecule has 2 aromatic heterocycles. The lowest BCUT2D eigenvalue weighted by Gasteiger charge is -2.12. The van der Waals surface area contributed by atoms with E-state index < -0.39 is 11.4 Å².